The summed E-state index contributed by atoms with van der Waals surface area (Å²) in [7, 11) is 0.674. The zero-order valence-corrected chi connectivity index (χ0v) is 22.6. The topological polar surface area (TPSA) is 8.29 Å². The van der Waals surface area contributed by atoms with Gasteiger partial charge in [0.15, 0.2) is 6.20 Å². The third-order valence-corrected chi connectivity index (χ3v) is 14.7. The number of nitrogens with zero attached hydrogens (tertiary/aromatic N) is 2. The fourth-order valence-corrected chi connectivity index (χ4v) is 10.4. The van der Waals surface area contributed by atoms with E-state index in [-0.39, 0.29) is 0 Å². The number of rotatable bonds is 4. The number of aromatic nitrogens is 2. The lowest BCUT2D eigenvalue weighted by molar-refractivity contribution is -0.643. The quantitative estimate of drug-likeness (QED) is 0.111. The molecule has 3 aromatic heterocycles. The highest BCUT2D eigenvalue weighted by molar-refractivity contribution is 6.92. The average Bonchev–Trinajstić information content (AvgIpc) is 3.17. The van der Waals surface area contributed by atoms with Crippen molar-refractivity contribution < 1.29 is 4.57 Å². The van der Waals surface area contributed by atoms with Gasteiger partial charge >= 0.3 is 0 Å². The Bertz CT molecular complexity index is 1740. The van der Waals surface area contributed by atoms with Gasteiger partial charge in [-0.25, -0.2) is 4.57 Å². The molecule has 0 N–H and O–H groups in total. The summed E-state index contributed by atoms with van der Waals surface area (Å²) in [5.74, 6) is 0. The van der Waals surface area contributed by atoms with Gasteiger partial charge in [-0.1, -0.05) is 68.4 Å². The Morgan fingerprint density at radius 3 is 2.24 bits per heavy atom. The Morgan fingerprint density at radius 1 is 0.794 bits per heavy atom. The normalized spacial score (nSPS) is 12.9. The molecule has 0 aliphatic rings. The van der Waals surface area contributed by atoms with Crippen LogP contribution in [-0.2, 0) is 7.05 Å². The van der Waals surface area contributed by atoms with Crippen molar-refractivity contribution in [2.75, 3.05) is 0 Å². The molecule has 3 aromatic carbocycles. The van der Waals surface area contributed by atoms with Crippen LogP contribution in [0.2, 0.25) is 18.1 Å². The van der Waals surface area contributed by atoms with Crippen LogP contribution in [0, 0.1) is 20.8 Å². The van der Waals surface area contributed by atoms with Gasteiger partial charge in [0, 0.05) is 16.8 Å². The van der Waals surface area contributed by atoms with E-state index >= 15 is 0 Å². The minimum Gasteiger partial charge on any atom is -0.307 e. The lowest BCUT2D eigenvalue weighted by atomic mass is 9.96. The summed E-state index contributed by atoms with van der Waals surface area (Å²) in [6.45, 7) is 14.1. The second kappa shape index (κ2) is 7.29. The molecule has 0 spiro atoms. The van der Waals surface area contributed by atoms with Gasteiger partial charge in [-0.3, -0.25) is 0 Å². The molecular weight excluding hydrogens is 428 g/mol. The van der Waals surface area contributed by atoms with Crippen LogP contribution >= 0.6 is 0 Å². The largest absolute Gasteiger partial charge is 0.307 e. The molecule has 2 nitrogen and oxygen atoms in total. The molecule has 172 valence electrons. The molecule has 3 heterocycles. The third-order valence-electron chi connectivity index (χ3n) is 9.13. The van der Waals surface area contributed by atoms with Crippen LogP contribution in [0.3, 0.4) is 0 Å². The molecule has 0 saturated carbocycles. The molecule has 0 atom stereocenters. The standard InChI is InChI=1S/C31H35N2Si/c1-8-34(9-2,10-3)23-17-22-14-15-32(7)31-27-21(6)20(5)16-25-24-13-11-12-19(4)29(24)33(30(25)27)26(18-23)28(22)31/h11-18H,8-10H2,1-7H3/q+1. The molecular formula is C31H35N2Si+. The molecule has 0 bridgehead atoms. The molecule has 0 aliphatic carbocycles. The van der Waals surface area contributed by atoms with Gasteiger partial charge < -0.3 is 4.40 Å². The SMILES string of the molecule is CC[Si](CC)(CC)c1cc2cc[n+](C)c3c4c(C)c(C)cc5c6cccc(C)c6n(c(c1)c23)c54. The van der Waals surface area contributed by atoms with Crippen LogP contribution in [-0.4, -0.2) is 12.5 Å². The molecule has 0 saturated heterocycles. The summed E-state index contributed by atoms with van der Waals surface area (Å²) in [6.07, 6.45) is 2.27. The van der Waals surface area contributed by atoms with E-state index in [4.69, 9.17) is 0 Å². The van der Waals surface area contributed by atoms with Crippen molar-refractivity contribution >= 4 is 62.3 Å². The summed E-state index contributed by atoms with van der Waals surface area (Å²) >= 11 is 0. The molecule has 6 rings (SSSR count). The minimum absolute atomic E-state index is 1.30. The molecule has 6 aromatic rings. The van der Waals surface area contributed by atoms with E-state index in [0.717, 1.165) is 0 Å². The van der Waals surface area contributed by atoms with Crippen molar-refractivity contribution in [3.63, 3.8) is 0 Å². The second-order valence-electron chi connectivity index (χ2n) is 10.5. The van der Waals surface area contributed by atoms with Crippen LogP contribution < -0.4 is 9.75 Å². The highest BCUT2D eigenvalue weighted by Crippen LogP contribution is 2.42. The van der Waals surface area contributed by atoms with Crippen LogP contribution in [0.1, 0.15) is 37.5 Å². The summed E-state index contributed by atoms with van der Waals surface area (Å²) in [4.78, 5) is 0. The fraction of sp³-hybridized carbons (Fsp3) is 0.323. The fourth-order valence-electron chi connectivity index (χ4n) is 6.78. The van der Waals surface area contributed by atoms with Crippen molar-refractivity contribution in [3.05, 3.63) is 65.4 Å². The molecule has 3 heteroatoms. The lowest BCUT2D eigenvalue weighted by Crippen LogP contribution is -2.45. The van der Waals surface area contributed by atoms with Gasteiger partial charge in [0.1, 0.15) is 7.05 Å². The predicted octanol–water partition coefficient (Wildman–Crippen LogP) is 7.46. The first-order valence-electron chi connectivity index (χ1n) is 12.9. The van der Waals surface area contributed by atoms with Gasteiger partial charge in [0.25, 0.3) is 0 Å². The maximum absolute atomic E-state index is 2.63. The lowest BCUT2D eigenvalue weighted by Gasteiger charge is -2.29. The van der Waals surface area contributed by atoms with Gasteiger partial charge in [-0.05, 0) is 55.0 Å². The Hall–Kier alpha value is -2.91. The molecule has 0 fully saturated rings. The molecule has 0 aliphatic heterocycles. The zero-order valence-electron chi connectivity index (χ0n) is 21.6. The second-order valence-corrected chi connectivity index (χ2v) is 15.7. The summed E-state index contributed by atoms with van der Waals surface area (Å²) in [5.41, 5.74) is 9.63. The highest BCUT2D eigenvalue weighted by Gasteiger charge is 2.32. The Morgan fingerprint density at radius 2 is 1.53 bits per heavy atom. The van der Waals surface area contributed by atoms with Crippen molar-refractivity contribution in [3.8, 4) is 0 Å². The van der Waals surface area contributed by atoms with Crippen molar-refractivity contribution in [2.24, 2.45) is 7.05 Å². The summed E-state index contributed by atoms with van der Waals surface area (Å²) in [6, 6.07) is 20.6. The number of fused-ring (bicyclic) bond motifs is 5. The average molecular weight is 464 g/mol. The van der Waals surface area contributed by atoms with Gasteiger partial charge in [0.2, 0.25) is 5.52 Å². The van der Waals surface area contributed by atoms with E-state index < -0.39 is 8.07 Å². The first kappa shape index (κ1) is 21.6. The van der Waals surface area contributed by atoms with Gasteiger partial charge in [0.05, 0.1) is 35.4 Å². The highest BCUT2D eigenvalue weighted by atomic mass is 28.3. The van der Waals surface area contributed by atoms with Gasteiger partial charge in [-0.2, -0.15) is 0 Å². The Kier molecular flexibility index (Phi) is 4.63. The third kappa shape index (κ3) is 2.54. The van der Waals surface area contributed by atoms with E-state index in [2.05, 4.69) is 106 Å². The van der Waals surface area contributed by atoms with E-state index in [0.29, 0.717) is 0 Å². The minimum atomic E-state index is -1.54. The number of aryl methyl sites for hydroxylation is 4. The van der Waals surface area contributed by atoms with Crippen molar-refractivity contribution in [2.45, 2.75) is 59.7 Å². The first-order valence-corrected chi connectivity index (χ1v) is 15.5. The molecule has 34 heavy (non-hydrogen) atoms. The van der Waals surface area contributed by atoms with Crippen molar-refractivity contribution in [1.29, 1.82) is 0 Å². The van der Waals surface area contributed by atoms with E-state index in [1.54, 1.807) is 5.19 Å². The number of hydrogen-bond donors (Lipinski definition) is 0. The smallest absolute Gasteiger partial charge is 0.224 e. The Labute approximate surface area is 203 Å². The number of para-hydroxylation sites is 1. The number of pyridine rings is 2. The van der Waals surface area contributed by atoms with E-state index in [1.165, 1.54) is 83.8 Å². The Balaban J connectivity index is 2.02. The molecule has 0 amide bonds. The van der Waals surface area contributed by atoms with Crippen LogP contribution in [0.5, 0.6) is 0 Å². The summed E-state index contributed by atoms with van der Waals surface area (Å²) < 4.78 is 4.98. The van der Waals surface area contributed by atoms with Crippen LogP contribution in [0.25, 0.3) is 49.0 Å². The van der Waals surface area contributed by atoms with E-state index in [9.17, 15) is 0 Å². The van der Waals surface area contributed by atoms with Gasteiger partial charge in [-0.15, -0.1) is 0 Å². The maximum Gasteiger partial charge on any atom is 0.224 e. The number of benzene rings is 3. The first-order chi connectivity index (χ1) is 16.4. The zero-order chi connectivity index (χ0) is 23.9. The maximum atomic E-state index is 2.63. The summed E-state index contributed by atoms with van der Waals surface area (Å²) in [5, 5.41) is 8.58. The molecule has 0 radical (unpaired) electrons. The predicted molar refractivity (Wildman–Crippen MR) is 151 cm³/mol. The van der Waals surface area contributed by atoms with Crippen LogP contribution in [0.15, 0.2) is 48.7 Å². The van der Waals surface area contributed by atoms with E-state index in [1.807, 2.05) is 0 Å². The monoisotopic (exact) mass is 463 g/mol. The number of hydrogen-bond acceptors (Lipinski definition) is 0. The molecule has 0 unspecified atom stereocenters. The van der Waals surface area contributed by atoms with Crippen LogP contribution in [0.4, 0.5) is 0 Å². The van der Waals surface area contributed by atoms with Crippen molar-refractivity contribution in [1.82, 2.24) is 4.40 Å².